The summed E-state index contributed by atoms with van der Waals surface area (Å²) in [6.45, 7) is 2.90. The highest BCUT2D eigenvalue weighted by molar-refractivity contribution is 7.89. The summed E-state index contributed by atoms with van der Waals surface area (Å²) in [5.41, 5.74) is -2.06. The topological polar surface area (TPSA) is 57.7 Å². The Morgan fingerprint density at radius 3 is 2.00 bits per heavy atom. The molecule has 0 bridgehead atoms. The number of rotatable bonds is 8. The Labute approximate surface area is 217 Å². The summed E-state index contributed by atoms with van der Waals surface area (Å²) >= 11 is 12.0. The van der Waals surface area contributed by atoms with Crippen molar-refractivity contribution in [2.45, 2.75) is 69.5 Å². The summed E-state index contributed by atoms with van der Waals surface area (Å²) < 4.78 is 93.4. The molecule has 0 aromatic heterocycles. The number of ketones is 1. The molecule has 1 heterocycles. The molecule has 3 rings (SSSR count). The van der Waals surface area contributed by atoms with E-state index >= 15 is 0 Å². The maximum absolute atomic E-state index is 14.0. The van der Waals surface area contributed by atoms with E-state index < -0.39 is 49.1 Å². The second-order valence-electron chi connectivity index (χ2n) is 9.52. The highest BCUT2D eigenvalue weighted by Gasteiger charge is 2.47. The lowest BCUT2D eigenvalue weighted by Crippen LogP contribution is -2.60. The van der Waals surface area contributed by atoms with Gasteiger partial charge in [-0.15, -0.1) is 0 Å². The van der Waals surface area contributed by atoms with Crippen molar-refractivity contribution < 1.29 is 35.2 Å². The lowest BCUT2D eigenvalue weighted by atomic mass is 9.74. The van der Waals surface area contributed by atoms with E-state index in [1.165, 1.54) is 4.31 Å². The average Bonchev–Trinajstić information content (AvgIpc) is 2.78. The normalized spacial score (nSPS) is 21.4. The van der Waals surface area contributed by atoms with Crippen LogP contribution < -0.4 is 0 Å². The Balaban J connectivity index is 1.77. The minimum atomic E-state index is -4.68. The Kier molecular flexibility index (Phi) is 9.03. The summed E-state index contributed by atoms with van der Waals surface area (Å²) in [6, 6.07) is 1.29. The molecule has 2 aliphatic rings. The van der Waals surface area contributed by atoms with Crippen LogP contribution in [0.2, 0.25) is 10.0 Å². The van der Waals surface area contributed by atoms with E-state index in [-0.39, 0.29) is 62.9 Å². The van der Waals surface area contributed by atoms with Crippen molar-refractivity contribution in [3.8, 4) is 0 Å². The van der Waals surface area contributed by atoms with Crippen LogP contribution in [0.1, 0.15) is 67.8 Å². The third-order valence-corrected chi connectivity index (χ3v) is 9.82. The standard InChI is InChI=1S/C23H29Cl2F5N2O3S/c1-2-13-36(34,35)32-11-9-31(10-12-32)21(5-7-22(26,27)8-6-21)4-3-19(33)20-17(24)14-16(15-18(20)25)23(28,29)30/h14-15H,2-13H2,1H3. The molecule has 1 aromatic rings. The quantitative estimate of drug-likeness (QED) is 0.269. The minimum Gasteiger partial charge on any atom is -0.295 e. The van der Waals surface area contributed by atoms with Crippen LogP contribution in [-0.2, 0) is 16.2 Å². The monoisotopic (exact) mass is 578 g/mol. The number of benzene rings is 1. The van der Waals surface area contributed by atoms with Gasteiger partial charge in [0.15, 0.2) is 5.78 Å². The zero-order valence-electron chi connectivity index (χ0n) is 19.8. The van der Waals surface area contributed by atoms with E-state index in [0.29, 0.717) is 31.6 Å². The van der Waals surface area contributed by atoms with Crippen LogP contribution >= 0.6 is 23.2 Å². The Hall–Kier alpha value is -1.01. The second-order valence-corrected chi connectivity index (χ2v) is 12.4. The lowest BCUT2D eigenvalue weighted by Gasteiger charge is -2.51. The zero-order chi connectivity index (χ0) is 26.9. The van der Waals surface area contributed by atoms with E-state index in [4.69, 9.17) is 23.2 Å². The number of carbonyl (C=O) groups excluding carboxylic acids is 1. The minimum absolute atomic E-state index is 0.0352. The summed E-state index contributed by atoms with van der Waals surface area (Å²) in [4.78, 5) is 15.0. The molecule has 0 amide bonds. The fourth-order valence-corrected chi connectivity index (χ4v) is 7.30. The fraction of sp³-hybridized carbons (Fsp3) is 0.696. The van der Waals surface area contributed by atoms with Gasteiger partial charge in [0.1, 0.15) is 0 Å². The Morgan fingerprint density at radius 2 is 1.53 bits per heavy atom. The number of piperazine rings is 1. The molecule has 204 valence electrons. The first-order valence-corrected chi connectivity index (χ1v) is 14.2. The van der Waals surface area contributed by atoms with E-state index in [9.17, 15) is 35.2 Å². The maximum atomic E-state index is 14.0. The van der Waals surface area contributed by atoms with Gasteiger partial charge in [-0.2, -0.15) is 17.5 Å². The van der Waals surface area contributed by atoms with Crippen molar-refractivity contribution in [1.82, 2.24) is 9.21 Å². The summed E-state index contributed by atoms with van der Waals surface area (Å²) in [5, 5.41) is -0.836. The van der Waals surface area contributed by atoms with Gasteiger partial charge in [0, 0.05) is 51.0 Å². The molecule has 13 heteroatoms. The number of hydrogen-bond donors (Lipinski definition) is 0. The Morgan fingerprint density at radius 1 is 1.00 bits per heavy atom. The second kappa shape index (κ2) is 11.0. The van der Waals surface area contributed by atoms with Crippen LogP contribution in [0, 0.1) is 0 Å². The number of halogens is 7. The smallest absolute Gasteiger partial charge is 0.295 e. The van der Waals surface area contributed by atoms with Crippen LogP contribution in [0.4, 0.5) is 22.0 Å². The first-order chi connectivity index (χ1) is 16.6. The van der Waals surface area contributed by atoms with Crippen LogP contribution in [0.15, 0.2) is 12.1 Å². The molecule has 0 radical (unpaired) electrons. The first kappa shape index (κ1) is 29.5. The summed E-state index contributed by atoms with van der Waals surface area (Å²) in [7, 11) is -3.39. The third-order valence-electron chi connectivity index (χ3n) is 7.14. The number of alkyl halides is 5. The highest BCUT2D eigenvalue weighted by Crippen LogP contribution is 2.45. The van der Waals surface area contributed by atoms with Crippen LogP contribution in [0.5, 0.6) is 0 Å². The van der Waals surface area contributed by atoms with Gasteiger partial charge >= 0.3 is 6.18 Å². The first-order valence-electron chi connectivity index (χ1n) is 11.8. The molecule has 5 nitrogen and oxygen atoms in total. The number of nitrogens with zero attached hydrogens (tertiary/aromatic N) is 2. The maximum Gasteiger partial charge on any atom is 0.416 e. The van der Waals surface area contributed by atoms with E-state index in [2.05, 4.69) is 0 Å². The molecule has 0 unspecified atom stereocenters. The molecule has 1 saturated heterocycles. The van der Waals surface area contributed by atoms with E-state index in [1.807, 2.05) is 4.90 Å². The predicted octanol–water partition coefficient (Wildman–Crippen LogP) is 6.28. The number of hydrogen-bond acceptors (Lipinski definition) is 4. The largest absolute Gasteiger partial charge is 0.416 e. The molecular formula is C23H29Cl2F5N2O3S. The molecule has 1 aliphatic carbocycles. The molecule has 1 saturated carbocycles. The van der Waals surface area contributed by atoms with Gasteiger partial charge in [0.25, 0.3) is 0 Å². The molecule has 0 spiro atoms. The van der Waals surface area contributed by atoms with Gasteiger partial charge in [0.05, 0.1) is 26.9 Å². The molecule has 36 heavy (non-hydrogen) atoms. The molecule has 0 N–H and O–H groups in total. The summed E-state index contributed by atoms with van der Waals surface area (Å²) in [6.07, 6.45) is -4.67. The molecule has 2 fully saturated rings. The fourth-order valence-electron chi connectivity index (χ4n) is 5.11. The van der Waals surface area contributed by atoms with Gasteiger partial charge in [-0.1, -0.05) is 30.1 Å². The zero-order valence-corrected chi connectivity index (χ0v) is 22.1. The lowest BCUT2D eigenvalue weighted by molar-refractivity contribution is -0.137. The van der Waals surface area contributed by atoms with Crippen LogP contribution in [0.3, 0.4) is 0 Å². The number of carbonyl (C=O) groups is 1. The number of Topliss-reactive ketones (excluding diaryl/α,β-unsaturated/α-hetero) is 1. The van der Waals surface area contributed by atoms with Crippen molar-refractivity contribution in [1.29, 1.82) is 0 Å². The molecule has 0 atom stereocenters. The SMILES string of the molecule is CCCS(=O)(=O)N1CCN(C2(CCC(=O)c3c(Cl)cc(C(F)(F)F)cc3Cl)CCC(F)(F)CC2)CC1. The van der Waals surface area contributed by atoms with E-state index in [1.54, 1.807) is 6.92 Å². The number of sulfonamides is 1. The van der Waals surface area contributed by atoms with Gasteiger partial charge in [-0.05, 0) is 37.8 Å². The third kappa shape index (κ3) is 6.70. The molecular weight excluding hydrogens is 550 g/mol. The van der Waals surface area contributed by atoms with Crippen molar-refractivity contribution in [2.75, 3.05) is 31.9 Å². The van der Waals surface area contributed by atoms with Crippen LogP contribution in [0.25, 0.3) is 0 Å². The predicted molar refractivity (Wildman–Crippen MR) is 128 cm³/mol. The molecule has 1 aromatic carbocycles. The van der Waals surface area contributed by atoms with Crippen molar-refractivity contribution in [2.24, 2.45) is 0 Å². The average molecular weight is 579 g/mol. The van der Waals surface area contributed by atoms with Gasteiger partial charge < -0.3 is 0 Å². The summed E-state index contributed by atoms with van der Waals surface area (Å²) in [5.74, 6) is -3.35. The van der Waals surface area contributed by atoms with Gasteiger partial charge in [0.2, 0.25) is 15.9 Å². The highest BCUT2D eigenvalue weighted by atomic mass is 35.5. The van der Waals surface area contributed by atoms with E-state index in [0.717, 1.165) is 0 Å². The van der Waals surface area contributed by atoms with Gasteiger partial charge in [-0.3, -0.25) is 9.69 Å². The Bertz CT molecular complexity index is 1040. The van der Waals surface area contributed by atoms with Crippen molar-refractivity contribution in [3.05, 3.63) is 33.3 Å². The molecule has 1 aliphatic heterocycles. The van der Waals surface area contributed by atoms with Gasteiger partial charge in [-0.25, -0.2) is 17.2 Å². The van der Waals surface area contributed by atoms with Crippen molar-refractivity contribution in [3.63, 3.8) is 0 Å². The van der Waals surface area contributed by atoms with Crippen LogP contribution in [-0.4, -0.2) is 66.8 Å². The van der Waals surface area contributed by atoms with Crippen molar-refractivity contribution >= 4 is 39.0 Å².